The zero-order valence-corrected chi connectivity index (χ0v) is 18.7. The number of hydrogen-bond donors (Lipinski definition) is 2. The van der Waals surface area contributed by atoms with Crippen LogP contribution in [0.1, 0.15) is 49.7 Å². The number of hydrogen-bond acceptors (Lipinski definition) is 8. The third kappa shape index (κ3) is 5.57. The van der Waals surface area contributed by atoms with E-state index in [1.165, 1.54) is 4.68 Å². The highest BCUT2D eigenvalue weighted by molar-refractivity contribution is 5.79. The van der Waals surface area contributed by atoms with Gasteiger partial charge in [-0.2, -0.15) is 0 Å². The van der Waals surface area contributed by atoms with Crippen molar-refractivity contribution in [1.82, 2.24) is 30.1 Å². The Bertz CT molecular complexity index is 1110. The van der Waals surface area contributed by atoms with E-state index in [9.17, 15) is 14.7 Å². The first-order valence-electron chi connectivity index (χ1n) is 10.9. The van der Waals surface area contributed by atoms with E-state index in [1.807, 2.05) is 38.1 Å². The van der Waals surface area contributed by atoms with Crippen LogP contribution in [0.15, 0.2) is 29.1 Å². The van der Waals surface area contributed by atoms with Crippen LogP contribution in [0.2, 0.25) is 0 Å². The predicted octanol–water partition coefficient (Wildman–Crippen LogP) is 1.72. The van der Waals surface area contributed by atoms with E-state index in [1.54, 1.807) is 6.92 Å². The number of pyridine rings is 1. The fourth-order valence-corrected chi connectivity index (χ4v) is 3.82. The van der Waals surface area contributed by atoms with Gasteiger partial charge >= 0.3 is 5.97 Å². The number of esters is 1. The number of rotatable bonds is 11. The molecule has 0 unspecified atom stereocenters. The highest BCUT2D eigenvalue weighted by Crippen LogP contribution is 2.25. The second kappa shape index (κ2) is 11.0. The van der Waals surface area contributed by atoms with Gasteiger partial charge in [0.1, 0.15) is 6.54 Å². The molecule has 2 heterocycles. The first kappa shape index (κ1) is 23.6. The number of aryl methyl sites for hydroxylation is 1. The summed E-state index contributed by atoms with van der Waals surface area (Å²) >= 11 is 0. The predicted molar refractivity (Wildman–Crippen MR) is 119 cm³/mol. The second-order valence-corrected chi connectivity index (χ2v) is 7.69. The number of nitrogens with zero attached hydrogens (tertiary/aromatic N) is 5. The zero-order valence-electron chi connectivity index (χ0n) is 18.7. The molecule has 1 aromatic carbocycles. The first-order chi connectivity index (χ1) is 15.5. The van der Waals surface area contributed by atoms with Gasteiger partial charge in [-0.25, -0.2) is 4.68 Å². The molecule has 0 aliphatic heterocycles. The molecule has 0 aliphatic rings. The standard InChI is InChI=1S/C22H30N6O4/c1-4-19(21-24-25-26-28(21)14-20(30)32-5-2)27(9-6-10-29)13-17-12-16-11-15(3)7-8-18(16)23-22(17)31/h7-8,11-12,19,29H,4-6,9-10,13-14H2,1-3H3,(H,23,31)/t19-/m0/s1. The maximum absolute atomic E-state index is 12.8. The highest BCUT2D eigenvalue weighted by atomic mass is 16.5. The molecule has 0 spiro atoms. The normalized spacial score (nSPS) is 12.4. The van der Waals surface area contributed by atoms with E-state index in [0.29, 0.717) is 37.3 Å². The third-order valence-electron chi connectivity index (χ3n) is 5.32. The molecule has 32 heavy (non-hydrogen) atoms. The number of aliphatic hydroxyl groups is 1. The van der Waals surface area contributed by atoms with Crippen molar-refractivity contribution in [2.24, 2.45) is 0 Å². The fraction of sp³-hybridized carbons (Fsp3) is 0.500. The van der Waals surface area contributed by atoms with Crippen molar-refractivity contribution in [2.45, 2.75) is 52.7 Å². The average Bonchev–Trinajstić information content (AvgIpc) is 3.20. The van der Waals surface area contributed by atoms with Crippen molar-refractivity contribution >= 4 is 16.9 Å². The largest absolute Gasteiger partial charge is 0.465 e. The number of fused-ring (bicyclic) bond motifs is 1. The molecular weight excluding hydrogens is 412 g/mol. The molecule has 10 heteroatoms. The van der Waals surface area contributed by atoms with Crippen LogP contribution in [0.3, 0.4) is 0 Å². The van der Waals surface area contributed by atoms with Crippen molar-refractivity contribution in [3.05, 3.63) is 51.6 Å². The monoisotopic (exact) mass is 442 g/mol. The summed E-state index contributed by atoms with van der Waals surface area (Å²) in [4.78, 5) is 29.8. The minimum absolute atomic E-state index is 0.0218. The molecule has 0 bridgehead atoms. The van der Waals surface area contributed by atoms with E-state index in [2.05, 4.69) is 25.4 Å². The number of carbonyl (C=O) groups is 1. The van der Waals surface area contributed by atoms with Crippen LogP contribution in [0.25, 0.3) is 10.9 Å². The van der Waals surface area contributed by atoms with Gasteiger partial charge in [0.2, 0.25) is 0 Å². The van der Waals surface area contributed by atoms with Crippen LogP contribution in [-0.4, -0.2) is 60.9 Å². The quantitative estimate of drug-likeness (QED) is 0.430. The number of aromatic nitrogens is 5. The number of aromatic amines is 1. The maximum atomic E-state index is 12.8. The molecule has 0 saturated carbocycles. The Hall–Kier alpha value is -3.11. The smallest absolute Gasteiger partial charge is 0.327 e. The SMILES string of the molecule is CCOC(=O)Cn1nnnc1[C@H](CC)N(CCCO)Cc1cc2cc(C)ccc2[nH]c1=O. The number of benzene rings is 1. The Morgan fingerprint density at radius 3 is 2.84 bits per heavy atom. The number of carbonyl (C=O) groups excluding carboxylic acids is 1. The van der Waals surface area contributed by atoms with Crippen LogP contribution in [0, 0.1) is 6.92 Å². The van der Waals surface area contributed by atoms with Gasteiger partial charge in [0, 0.05) is 30.8 Å². The number of nitrogens with one attached hydrogen (secondary N) is 1. The number of tetrazole rings is 1. The van der Waals surface area contributed by atoms with Gasteiger partial charge in [-0.3, -0.25) is 14.5 Å². The molecule has 0 radical (unpaired) electrons. The first-order valence-corrected chi connectivity index (χ1v) is 10.9. The van der Waals surface area contributed by atoms with Gasteiger partial charge in [0.15, 0.2) is 5.82 Å². The van der Waals surface area contributed by atoms with Gasteiger partial charge in [-0.1, -0.05) is 18.6 Å². The molecule has 0 aliphatic carbocycles. The summed E-state index contributed by atoms with van der Waals surface area (Å²) in [5, 5.41) is 22.3. The molecule has 0 amide bonds. The topological polar surface area (TPSA) is 126 Å². The van der Waals surface area contributed by atoms with Gasteiger partial charge < -0.3 is 14.8 Å². The van der Waals surface area contributed by atoms with Crippen LogP contribution in [0.5, 0.6) is 0 Å². The summed E-state index contributed by atoms with van der Waals surface area (Å²) in [7, 11) is 0. The Balaban J connectivity index is 1.93. The molecule has 1 atom stereocenters. The average molecular weight is 443 g/mol. The van der Waals surface area contributed by atoms with Crippen LogP contribution in [-0.2, 0) is 22.6 Å². The van der Waals surface area contributed by atoms with Crippen molar-refractivity contribution in [2.75, 3.05) is 19.8 Å². The number of H-pyrrole nitrogens is 1. The summed E-state index contributed by atoms with van der Waals surface area (Å²) in [5.74, 6) is 0.103. The Morgan fingerprint density at radius 1 is 1.31 bits per heavy atom. The van der Waals surface area contributed by atoms with E-state index in [4.69, 9.17) is 4.74 Å². The number of aliphatic hydroxyl groups excluding tert-OH is 1. The minimum Gasteiger partial charge on any atom is -0.465 e. The lowest BCUT2D eigenvalue weighted by Gasteiger charge is -2.30. The lowest BCUT2D eigenvalue weighted by atomic mass is 10.1. The summed E-state index contributed by atoms with van der Waals surface area (Å²) in [5.41, 5.74) is 2.36. The lowest BCUT2D eigenvalue weighted by molar-refractivity contribution is -0.144. The molecule has 10 nitrogen and oxygen atoms in total. The Kier molecular flexibility index (Phi) is 8.07. The van der Waals surface area contributed by atoms with Gasteiger partial charge in [-0.15, -0.1) is 5.10 Å². The van der Waals surface area contributed by atoms with Gasteiger partial charge in [-0.05, 0) is 60.7 Å². The van der Waals surface area contributed by atoms with E-state index >= 15 is 0 Å². The molecule has 2 N–H and O–H groups in total. The Labute approximate surface area is 186 Å². The minimum atomic E-state index is -0.417. The highest BCUT2D eigenvalue weighted by Gasteiger charge is 2.26. The molecule has 3 aromatic rings. The van der Waals surface area contributed by atoms with Crippen molar-refractivity contribution in [1.29, 1.82) is 0 Å². The van der Waals surface area contributed by atoms with Gasteiger partial charge in [0.05, 0.1) is 12.6 Å². The van der Waals surface area contributed by atoms with Gasteiger partial charge in [0.25, 0.3) is 5.56 Å². The molecule has 3 rings (SSSR count). The molecule has 172 valence electrons. The fourth-order valence-electron chi connectivity index (χ4n) is 3.82. The molecule has 0 fully saturated rings. The van der Waals surface area contributed by atoms with Crippen molar-refractivity contribution < 1.29 is 14.6 Å². The summed E-state index contributed by atoms with van der Waals surface area (Å²) in [6.07, 6.45) is 1.18. The van der Waals surface area contributed by atoms with E-state index in [0.717, 1.165) is 16.5 Å². The third-order valence-corrected chi connectivity index (χ3v) is 5.32. The molecule has 2 aromatic heterocycles. The number of ether oxygens (including phenoxy) is 1. The molecular formula is C22H30N6O4. The van der Waals surface area contributed by atoms with Crippen LogP contribution >= 0.6 is 0 Å². The van der Waals surface area contributed by atoms with Crippen LogP contribution < -0.4 is 5.56 Å². The second-order valence-electron chi connectivity index (χ2n) is 7.69. The van der Waals surface area contributed by atoms with E-state index < -0.39 is 5.97 Å². The maximum Gasteiger partial charge on any atom is 0.327 e. The van der Waals surface area contributed by atoms with Crippen molar-refractivity contribution in [3.63, 3.8) is 0 Å². The lowest BCUT2D eigenvalue weighted by Crippen LogP contribution is -2.34. The van der Waals surface area contributed by atoms with E-state index in [-0.39, 0.29) is 31.4 Å². The zero-order chi connectivity index (χ0) is 23.1. The summed E-state index contributed by atoms with van der Waals surface area (Å²) in [6.45, 7) is 6.84. The van der Waals surface area contributed by atoms with Crippen LogP contribution in [0.4, 0.5) is 0 Å². The molecule has 0 saturated heterocycles. The Morgan fingerprint density at radius 2 is 2.12 bits per heavy atom. The van der Waals surface area contributed by atoms with Crippen molar-refractivity contribution in [3.8, 4) is 0 Å². The summed E-state index contributed by atoms with van der Waals surface area (Å²) in [6, 6.07) is 7.55. The summed E-state index contributed by atoms with van der Waals surface area (Å²) < 4.78 is 6.46.